The molecule has 0 amide bonds. The maximum atomic E-state index is 6.00. The molecule has 0 saturated heterocycles. The molecular weight excluding hydrogens is 266 g/mol. The highest BCUT2D eigenvalue weighted by Gasteiger charge is 2.11. The van der Waals surface area contributed by atoms with Crippen molar-refractivity contribution in [1.29, 1.82) is 0 Å². The van der Waals surface area contributed by atoms with Crippen LogP contribution in [0.3, 0.4) is 0 Å². The maximum absolute atomic E-state index is 6.00. The third-order valence-corrected chi connectivity index (χ3v) is 4.26. The lowest BCUT2D eigenvalue weighted by Gasteiger charge is -2.18. The molecular formula is C17H23NOS. The lowest BCUT2D eigenvalue weighted by molar-refractivity contribution is 0.316. The van der Waals surface area contributed by atoms with E-state index >= 15 is 0 Å². The van der Waals surface area contributed by atoms with Gasteiger partial charge in [-0.1, -0.05) is 30.7 Å². The van der Waals surface area contributed by atoms with Crippen LogP contribution in [0.5, 0.6) is 5.75 Å². The molecule has 1 heterocycles. The smallest absolute Gasteiger partial charge is 0.124 e. The van der Waals surface area contributed by atoms with E-state index in [1.165, 1.54) is 16.0 Å². The Hall–Kier alpha value is -1.32. The van der Waals surface area contributed by atoms with Crippen LogP contribution in [0.4, 0.5) is 0 Å². The van der Waals surface area contributed by atoms with Gasteiger partial charge in [0.1, 0.15) is 5.75 Å². The zero-order valence-electron chi connectivity index (χ0n) is 12.5. The van der Waals surface area contributed by atoms with Crippen molar-refractivity contribution in [2.24, 2.45) is 0 Å². The van der Waals surface area contributed by atoms with Gasteiger partial charge in [-0.2, -0.15) is 0 Å². The zero-order valence-corrected chi connectivity index (χ0v) is 13.3. The van der Waals surface area contributed by atoms with Crippen molar-refractivity contribution in [2.45, 2.75) is 33.2 Å². The van der Waals surface area contributed by atoms with Crippen molar-refractivity contribution in [3.63, 3.8) is 0 Å². The Morgan fingerprint density at radius 3 is 2.85 bits per heavy atom. The van der Waals surface area contributed by atoms with Crippen LogP contribution >= 0.6 is 11.3 Å². The van der Waals surface area contributed by atoms with Crippen molar-refractivity contribution in [1.82, 2.24) is 5.32 Å². The molecule has 2 aromatic rings. The van der Waals surface area contributed by atoms with E-state index in [-0.39, 0.29) is 0 Å². The first-order valence-electron chi connectivity index (χ1n) is 7.19. The molecule has 0 saturated carbocycles. The minimum Gasteiger partial charge on any atom is -0.493 e. The van der Waals surface area contributed by atoms with Gasteiger partial charge in [-0.15, -0.1) is 11.3 Å². The molecule has 1 N–H and O–H groups in total. The summed E-state index contributed by atoms with van der Waals surface area (Å²) in [6, 6.07) is 11.0. The van der Waals surface area contributed by atoms with E-state index in [2.05, 4.69) is 61.8 Å². The van der Waals surface area contributed by atoms with Gasteiger partial charge >= 0.3 is 0 Å². The predicted molar refractivity (Wildman–Crippen MR) is 86.8 cm³/mol. The first kappa shape index (κ1) is 15.1. The van der Waals surface area contributed by atoms with E-state index in [4.69, 9.17) is 4.74 Å². The molecule has 1 atom stereocenters. The largest absolute Gasteiger partial charge is 0.493 e. The monoisotopic (exact) mass is 289 g/mol. The minimum absolute atomic E-state index is 0.316. The Bertz CT molecular complexity index is 522. The van der Waals surface area contributed by atoms with Crippen LogP contribution in [0.15, 0.2) is 35.7 Å². The fourth-order valence-corrected chi connectivity index (χ4v) is 2.96. The molecule has 0 spiro atoms. The van der Waals surface area contributed by atoms with E-state index in [9.17, 15) is 0 Å². The number of ether oxygens (including phenoxy) is 1. The van der Waals surface area contributed by atoms with Crippen LogP contribution in [0.2, 0.25) is 0 Å². The summed E-state index contributed by atoms with van der Waals surface area (Å²) in [5, 5.41) is 5.57. The van der Waals surface area contributed by atoms with Gasteiger partial charge in [0.15, 0.2) is 0 Å². The van der Waals surface area contributed by atoms with Gasteiger partial charge in [-0.25, -0.2) is 0 Å². The third kappa shape index (κ3) is 4.09. The normalized spacial score (nSPS) is 12.3. The van der Waals surface area contributed by atoms with Crippen LogP contribution in [0.25, 0.3) is 0 Å². The number of aryl methyl sites for hydroxylation is 1. The summed E-state index contributed by atoms with van der Waals surface area (Å²) < 4.78 is 6.00. The fourth-order valence-electron chi connectivity index (χ4n) is 2.27. The van der Waals surface area contributed by atoms with Crippen LogP contribution in [0, 0.1) is 6.92 Å². The molecule has 0 radical (unpaired) electrons. The van der Waals surface area contributed by atoms with Crippen LogP contribution in [-0.2, 0) is 6.42 Å². The van der Waals surface area contributed by atoms with E-state index in [1.54, 1.807) is 11.3 Å². The average Bonchev–Trinajstić information content (AvgIpc) is 2.94. The Labute approximate surface area is 125 Å². The van der Waals surface area contributed by atoms with Gasteiger partial charge in [-0.3, -0.25) is 0 Å². The number of hydrogen-bond acceptors (Lipinski definition) is 3. The summed E-state index contributed by atoms with van der Waals surface area (Å²) in [5.74, 6) is 1.00. The number of rotatable bonds is 7. The van der Waals surface area contributed by atoms with Gasteiger partial charge in [0, 0.05) is 22.9 Å². The second kappa shape index (κ2) is 7.46. The number of nitrogens with one attached hydrogen (secondary N) is 1. The first-order valence-corrected chi connectivity index (χ1v) is 8.07. The molecule has 0 aliphatic heterocycles. The van der Waals surface area contributed by atoms with Crippen molar-refractivity contribution in [3.8, 4) is 5.75 Å². The minimum atomic E-state index is 0.316. The Morgan fingerprint density at radius 2 is 2.15 bits per heavy atom. The Balaban J connectivity index is 2.02. The second-order valence-electron chi connectivity index (χ2n) is 5.00. The molecule has 0 fully saturated rings. The summed E-state index contributed by atoms with van der Waals surface area (Å²) in [5.41, 5.74) is 2.52. The number of thiophene rings is 1. The lowest BCUT2D eigenvalue weighted by atomic mass is 10.0. The number of benzene rings is 1. The SMILES string of the molecule is CCNC(C)c1cc(C)ccc1OCCc1cccs1. The van der Waals surface area contributed by atoms with Crippen molar-refractivity contribution >= 4 is 11.3 Å². The van der Waals surface area contributed by atoms with E-state index < -0.39 is 0 Å². The lowest BCUT2D eigenvalue weighted by Crippen LogP contribution is -2.19. The van der Waals surface area contributed by atoms with Gasteiger partial charge in [-0.05, 0) is 37.9 Å². The summed E-state index contributed by atoms with van der Waals surface area (Å²) in [6.45, 7) is 8.13. The quantitative estimate of drug-likeness (QED) is 0.818. The topological polar surface area (TPSA) is 21.3 Å². The van der Waals surface area contributed by atoms with Crippen LogP contribution in [0.1, 0.15) is 35.9 Å². The van der Waals surface area contributed by atoms with Gasteiger partial charge in [0.05, 0.1) is 6.61 Å². The van der Waals surface area contributed by atoms with Crippen LogP contribution < -0.4 is 10.1 Å². The summed E-state index contributed by atoms with van der Waals surface area (Å²) >= 11 is 1.79. The van der Waals surface area contributed by atoms with Crippen LogP contribution in [-0.4, -0.2) is 13.2 Å². The van der Waals surface area contributed by atoms with Crippen molar-refractivity contribution < 1.29 is 4.74 Å². The highest BCUT2D eigenvalue weighted by atomic mass is 32.1. The first-order chi connectivity index (χ1) is 9.70. The maximum Gasteiger partial charge on any atom is 0.124 e. The second-order valence-corrected chi connectivity index (χ2v) is 6.03. The molecule has 0 bridgehead atoms. The fraction of sp³-hybridized carbons (Fsp3) is 0.412. The number of hydrogen-bond donors (Lipinski definition) is 1. The molecule has 20 heavy (non-hydrogen) atoms. The van der Waals surface area contributed by atoms with Crippen molar-refractivity contribution in [2.75, 3.05) is 13.2 Å². The highest BCUT2D eigenvalue weighted by molar-refractivity contribution is 7.09. The molecule has 0 aliphatic rings. The van der Waals surface area contributed by atoms with E-state index in [0.717, 1.165) is 25.3 Å². The summed E-state index contributed by atoms with van der Waals surface area (Å²) in [6.07, 6.45) is 0.973. The van der Waals surface area contributed by atoms with E-state index in [0.29, 0.717) is 6.04 Å². The third-order valence-electron chi connectivity index (χ3n) is 3.33. The Kier molecular flexibility index (Phi) is 5.62. The van der Waals surface area contributed by atoms with Gasteiger partial charge in [0.25, 0.3) is 0 Å². The standard InChI is InChI=1S/C17H23NOS/c1-4-18-14(3)16-12-13(2)7-8-17(16)19-10-9-15-6-5-11-20-15/h5-8,11-12,14,18H,4,9-10H2,1-3H3. The average molecular weight is 289 g/mol. The van der Waals surface area contributed by atoms with E-state index in [1.807, 2.05) is 0 Å². The molecule has 108 valence electrons. The zero-order chi connectivity index (χ0) is 14.4. The molecule has 2 nitrogen and oxygen atoms in total. The van der Waals surface area contributed by atoms with Crippen molar-refractivity contribution in [3.05, 3.63) is 51.7 Å². The molecule has 1 aromatic heterocycles. The van der Waals surface area contributed by atoms with Gasteiger partial charge in [0.2, 0.25) is 0 Å². The summed E-state index contributed by atoms with van der Waals surface area (Å²) in [4.78, 5) is 1.37. The molecule has 0 aliphatic carbocycles. The predicted octanol–water partition coefficient (Wildman–Crippen LogP) is 4.35. The summed E-state index contributed by atoms with van der Waals surface area (Å²) in [7, 11) is 0. The highest BCUT2D eigenvalue weighted by Crippen LogP contribution is 2.26. The Morgan fingerprint density at radius 1 is 1.30 bits per heavy atom. The van der Waals surface area contributed by atoms with Gasteiger partial charge < -0.3 is 10.1 Å². The molecule has 3 heteroatoms. The molecule has 2 rings (SSSR count). The molecule has 1 aromatic carbocycles. The molecule has 1 unspecified atom stereocenters.